The van der Waals surface area contributed by atoms with Gasteiger partial charge in [0.2, 0.25) is 17.7 Å². The van der Waals surface area contributed by atoms with Crippen molar-refractivity contribution in [3.63, 3.8) is 0 Å². The lowest BCUT2D eigenvalue weighted by atomic mass is 9.94. The second kappa shape index (κ2) is 6.58. The summed E-state index contributed by atoms with van der Waals surface area (Å²) in [7, 11) is 0. The van der Waals surface area contributed by atoms with Crippen LogP contribution in [0.3, 0.4) is 0 Å². The van der Waals surface area contributed by atoms with E-state index in [1.54, 1.807) is 18.2 Å². The number of carbonyl (C=O) groups is 3. The summed E-state index contributed by atoms with van der Waals surface area (Å²) in [5, 5.41) is 15.5. The summed E-state index contributed by atoms with van der Waals surface area (Å²) in [6.07, 6.45) is 3.14. The number of furan rings is 1. The van der Waals surface area contributed by atoms with Gasteiger partial charge in [0.1, 0.15) is 12.1 Å². The summed E-state index contributed by atoms with van der Waals surface area (Å²) in [5.74, 6) is -1.20. The third-order valence-corrected chi connectivity index (χ3v) is 4.95. The number of thiophene rings is 1. The molecule has 3 heterocycles. The van der Waals surface area contributed by atoms with E-state index in [0.29, 0.717) is 10.4 Å². The lowest BCUT2D eigenvalue weighted by molar-refractivity contribution is -0.142. The molecule has 1 atom stereocenters. The minimum absolute atomic E-state index is 0.0951. The second-order valence-electron chi connectivity index (χ2n) is 5.50. The number of nitrogens with one attached hydrogen (secondary N) is 1. The molecule has 7 nitrogen and oxygen atoms in total. The number of aliphatic hydroxyl groups is 1. The van der Waals surface area contributed by atoms with E-state index in [-0.39, 0.29) is 37.7 Å². The fourth-order valence-corrected chi connectivity index (χ4v) is 3.42. The topological polar surface area (TPSA) is 99.9 Å². The van der Waals surface area contributed by atoms with Crippen molar-refractivity contribution in [3.05, 3.63) is 46.5 Å². The Morgan fingerprint density at radius 3 is 2.67 bits per heavy atom. The number of amides is 3. The van der Waals surface area contributed by atoms with Crippen LogP contribution < -0.4 is 5.32 Å². The van der Waals surface area contributed by atoms with Gasteiger partial charge in [-0.05, 0) is 17.5 Å². The summed E-state index contributed by atoms with van der Waals surface area (Å²) in [6, 6.07) is 5.19. The third-order valence-electron chi connectivity index (χ3n) is 3.93. The van der Waals surface area contributed by atoms with E-state index < -0.39 is 11.5 Å². The van der Waals surface area contributed by atoms with Crippen molar-refractivity contribution < 1.29 is 23.9 Å². The van der Waals surface area contributed by atoms with Gasteiger partial charge in [-0.15, -0.1) is 11.3 Å². The first-order valence-corrected chi connectivity index (χ1v) is 8.27. The molecule has 24 heavy (non-hydrogen) atoms. The van der Waals surface area contributed by atoms with Crippen LogP contribution in [0.5, 0.6) is 0 Å². The van der Waals surface area contributed by atoms with Crippen LogP contribution in [0.15, 0.2) is 40.5 Å². The molecule has 0 aliphatic carbocycles. The zero-order valence-electron chi connectivity index (χ0n) is 12.7. The van der Waals surface area contributed by atoms with Gasteiger partial charge in [0.25, 0.3) is 0 Å². The molecule has 1 saturated heterocycles. The van der Waals surface area contributed by atoms with Crippen molar-refractivity contribution in [2.45, 2.75) is 18.4 Å². The Balaban J connectivity index is 1.69. The average Bonchev–Trinajstić information content (AvgIpc) is 3.31. The van der Waals surface area contributed by atoms with Crippen molar-refractivity contribution in [2.75, 3.05) is 13.1 Å². The van der Waals surface area contributed by atoms with Crippen LogP contribution in [-0.2, 0) is 20.0 Å². The molecule has 3 rings (SSSR count). The van der Waals surface area contributed by atoms with Crippen molar-refractivity contribution >= 4 is 29.1 Å². The Morgan fingerprint density at radius 2 is 2.08 bits per heavy atom. The number of rotatable bonds is 6. The summed E-state index contributed by atoms with van der Waals surface area (Å²) < 4.78 is 5.04. The van der Waals surface area contributed by atoms with Gasteiger partial charge in [-0.1, -0.05) is 6.07 Å². The molecule has 1 unspecified atom stereocenters. The molecule has 2 N–H and O–H groups in total. The molecule has 0 aromatic carbocycles. The zero-order chi connectivity index (χ0) is 17.2. The van der Waals surface area contributed by atoms with E-state index in [1.807, 2.05) is 5.38 Å². The molecule has 2 aromatic rings. The molecule has 8 heteroatoms. The van der Waals surface area contributed by atoms with Crippen LogP contribution >= 0.6 is 11.3 Å². The van der Waals surface area contributed by atoms with Gasteiger partial charge < -0.3 is 14.8 Å². The standard InChI is InChI=1S/C16H16N2O5S/c19-13(8-18-14(20)3-4-15(18)21)17-10-16(22,11-5-6-23-9-11)12-2-1-7-24-12/h1-2,5-7,9,22H,3-4,8,10H2,(H,17,19). The lowest BCUT2D eigenvalue weighted by Gasteiger charge is -2.26. The molecule has 1 aliphatic heterocycles. The number of hydrogen-bond acceptors (Lipinski definition) is 6. The van der Waals surface area contributed by atoms with Gasteiger partial charge in [0, 0.05) is 23.3 Å². The van der Waals surface area contributed by atoms with Crippen LogP contribution in [0, 0.1) is 0 Å². The fraction of sp³-hybridized carbons (Fsp3) is 0.312. The maximum Gasteiger partial charge on any atom is 0.240 e. The highest BCUT2D eigenvalue weighted by Crippen LogP contribution is 2.32. The SMILES string of the molecule is O=C(CN1C(=O)CCC1=O)NCC(O)(c1ccoc1)c1cccs1. The van der Waals surface area contributed by atoms with E-state index in [1.165, 1.54) is 23.9 Å². The van der Waals surface area contributed by atoms with Crippen LogP contribution in [0.25, 0.3) is 0 Å². The van der Waals surface area contributed by atoms with Gasteiger partial charge in [-0.2, -0.15) is 0 Å². The molecular weight excluding hydrogens is 332 g/mol. The number of likely N-dealkylation sites (tertiary alicyclic amines) is 1. The molecule has 2 aromatic heterocycles. The molecule has 0 spiro atoms. The Bertz CT molecular complexity index is 688. The second-order valence-corrected chi connectivity index (χ2v) is 6.45. The molecule has 3 amide bonds. The Kier molecular flexibility index (Phi) is 4.50. The van der Waals surface area contributed by atoms with Gasteiger partial charge >= 0.3 is 0 Å². The lowest BCUT2D eigenvalue weighted by Crippen LogP contribution is -2.45. The van der Waals surface area contributed by atoms with Crippen LogP contribution in [0.1, 0.15) is 23.3 Å². The van der Waals surface area contributed by atoms with Gasteiger partial charge in [-0.3, -0.25) is 19.3 Å². The van der Waals surface area contributed by atoms with Gasteiger partial charge in [-0.25, -0.2) is 0 Å². The van der Waals surface area contributed by atoms with Crippen molar-refractivity contribution in [2.24, 2.45) is 0 Å². The first-order chi connectivity index (χ1) is 11.5. The Labute approximate surface area is 141 Å². The molecular formula is C16H16N2O5S. The molecule has 0 bridgehead atoms. The summed E-state index contributed by atoms with van der Waals surface area (Å²) >= 11 is 1.35. The first-order valence-electron chi connectivity index (χ1n) is 7.39. The maximum atomic E-state index is 12.1. The monoisotopic (exact) mass is 348 g/mol. The quantitative estimate of drug-likeness (QED) is 0.754. The Hall–Kier alpha value is -2.45. The van der Waals surface area contributed by atoms with E-state index in [2.05, 4.69) is 5.32 Å². The van der Waals surface area contributed by atoms with Gasteiger partial charge in [0.05, 0.1) is 19.1 Å². The number of nitrogens with zero attached hydrogens (tertiary/aromatic N) is 1. The van der Waals surface area contributed by atoms with E-state index in [4.69, 9.17) is 4.42 Å². The maximum absolute atomic E-state index is 12.1. The van der Waals surface area contributed by atoms with Crippen molar-refractivity contribution in [1.29, 1.82) is 0 Å². The summed E-state index contributed by atoms with van der Waals surface area (Å²) in [5.41, 5.74) is -0.922. The molecule has 0 saturated carbocycles. The molecule has 1 fully saturated rings. The summed E-state index contributed by atoms with van der Waals surface area (Å²) in [4.78, 5) is 36.8. The number of hydrogen-bond donors (Lipinski definition) is 2. The van der Waals surface area contributed by atoms with Crippen LogP contribution in [0.4, 0.5) is 0 Å². The van der Waals surface area contributed by atoms with Crippen molar-refractivity contribution in [3.8, 4) is 0 Å². The smallest absolute Gasteiger partial charge is 0.240 e. The number of carbonyl (C=O) groups excluding carboxylic acids is 3. The normalized spacial score (nSPS) is 17.1. The first kappa shape index (κ1) is 16.4. The highest BCUT2D eigenvalue weighted by atomic mass is 32.1. The predicted molar refractivity (Wildman–Crippen MR) is 85.0 cm³/mol. The van der Waals surface area contributed by atoms with Crippen LogP contribution in [0.2, 0.25) is 0 Å². The average molecular weight is 348 g/mol. The van der Waals surface area contributed by atoms with Crippen LogP contribution in [-0.4, -0.2) is 40.8 Å². The largest absolute Gasteiger partial charge is 0.472 e. The number of imide groups is 1. The highest BCUT2D eigenvalue weighted by molar-refractivity contribution is 7.10. The third kappa shape index (κ3) is 3.10. The predicted octanol–water partition coefficient (Wildman–Crippen LogP) is 0.842. The van der Waals surface area contributed by atoms with Gasteiger partial charge in [0.15, 0.2) is 0 Å². The Morgan fingerprint density at radius 1 is 1.33 bits per heavy atom. The minimum Gasteiger partial charge on any atom is -0.472 e. The molecule has 0 radical (unpaired) electrons. The van der Waals surface area contributed by atoms with E-state index in [9.17, 15) is 19.5 Å². The highest BCUT2D eigenvalue weighted by Gasteiger charge is 2.35. The molecule has 1 aliphatic rings. The fourth-order valence-electron chi connectivity index (χ4n) is 2.57. The molecule has 126 valence electrons. The zero-order valence-corrected chi connectivity index (χ0v) is 13.5. The van der Waals surface area contributed by atoms with E-state index in [0.717, 1.165) is 4.90 Å². The summed E-state index contributed by atoms with van der Waals surface area (Å²) in [6.45, 7) is -0.425. The van der Waals surface area contributed by atoms with Crippen molar-refractivity contribution in [1.82, 2.24) is 10.2 Å². The van der Waals surface area contributed by atoms with E-state index >= 15 is 0 Å². The minimum atomic E-state index is -1.43.